The van der Waals surface area contributed by atoms with E-state index in [1.165, 1.54) is 37.1 Å². The van der Waals surface area contributed by atoms with Crippen LogP contribution in [0, 0.1) is 12.8 Å². The molecule has 0 spiro atoms. The van der Waals surface area contributed by atoms with Crippen LogP contribution in [-0.4, -0.2) is 37.7 Å². The van der Waals surface area contributed by atoms with Crippen LogP contribution in [0.2, 0.25) is 0 Å². The molecule has 3 heteroatoms. The van der Waals surface area contributed by atoms with E-state index in [4.69, 9.17) is 10.5 Å². The van der Waals surface area contributed by atoms with Crippen LogP contribution >= 0.6 is 0 Å². The molecule has 3 nitrogen and oxygen atoms in total. The number of aryl methyl sites for hydroxylation is 1. The van der Waals surface area contributed by atoms with Gasteiger partial charge in [0.05, 0.1) is 6.61 Å². The molecule has 0 radical (unpaired) electrons. The van der Waals surface area contributed by atoms with Crippen molar-refractivity contribution in [3.05, 3.63) is 29.3 Å². The number of hydrogen-bond donors (Lipinski definition) is 1. The molecule has 2 rings (SSSR count). The molecule has 124 valence electrons. The normalized spacial score (nSPS) is 17.1. The van der Waals surface area contributed by atoms with E-state index in [-0.39, 0.29) is 0 Å². The number of nitrogens with two attached hydrogens (primary N) is 1. The summed E-state index contributed by atoms with van der Waals surface area (Å²) in [5.41, 5.74) is 8.19. The van der Waals surface area contributed by atoms with Crippen molar-refractivity contribution in [2.24, 2.45) is 11.7 Å². The second-order valence-corrected chi connectivity index (χ2v) is 6.93. The first kappa shape index (κ1) is 17.3. The number of rotatable bonds is 7. The van der Waals surface area contributed by atoms with Gasteiger partial charge in [-0.1, -0.05) is 26.0 Å². The van der Waals surface area contributed by atoms with Crippen LogP contribution in [0.25, 0.3) is 0 Å². The number of ether oxygens (including phenoxy) is 1. The van der Waals surface area contributed by atoms with Gasteiger partial charge in [-0.05, 0) is 81.4 Å². The number of likely N-dealkylation sites (tertiary alicyclic amines) is 1. The molecule has 0 bridgehead atoms. The zero-order valence-corrected chi connectivity index (χ0v) is 14.5. The fourth-order valence-electron chi connectivity index (χ4n) is 3.14. The van der Waals surface area contributed by atoms with Gasteiger partial charge in [-0.2, -0.15) is 0 Å². The van der Waals surface area contributed by atoms with Crippen molar-refractivity contribution in [1.29, 1.82) is 0 Å². The van der Waals surface area contributed by atoms with E-state index >= 15 is 0 Å². The molecule has 1 saturated heterocycles. The highest BCUT2D eigenvalue weighted by Crippen LogP contribution is 2.28. The summed E-state index contributed by atoms with van der Waals surface area (Å²) in [5.74, 6) is 2.28. The van der Waals surface area contributed by atoms with E-state index in [1.54, 1.807) is 0 Å². The average Bonchev–Trinajstić information content (AvgIpc) is 2.51. The Morgan fingerprint density at radius 2 is 2.00 bits per heavy atom. The molecule has 0 unspecified atom stereocenters. The van der Waals surface area contributed by atoms with Gasteiger partial charge in [0.2, 0.25) is 0 Å². The van der Waals surface area contributed by atoms with Gasteiger partial charge in [0.1, 0.15) is 5.75 Å². The Kier molecular flexibility index (Phi) is 6.71. The molecular weight excluding hydrogens is 272 g/mol. The summed E-state index contributed by atoms with van der Waals surface area (Å²) in [6.07, 6.45) is 3.60. The van der Waals surface area contributed by atoms with Crippen molar-refractivity contribution in [2.45, 2.75) is 46.0 Å². The van der Waals surface area contributed by atoms with Crippen LogP contribution < -0.4 is 10.5 Å². The third-order valence-electron chi connectivity index (χ3n) is 4.65. The third-order valence-corrected chi connectivity index (χ3v) is 4.65. The zero-order valence-electron chi connectivity index (χ0n) is 14.5. The second-order valence-electron chi connectivity index (χ2n) is 6.93. The summed E-state index contributed by atoms with van der Waals surface area (Å²) in [6, 6.07) is 6.58. The molecule has 0 atom stereocenters. The molecule has 0 aliphatic carbocycles. The fourth-order valence-corrected chi connectivity index (χ4v) is 3.14. The summed E-state index contributed by atoms with van der Waals surface area (Å²) < 4.78 is 6.20. The first-order valence-electron chi connectivity index (χ1n) is 8.76. The van der Waals surface area contributed by atoms with Gasteiger partial charge in [-0.25, -0.2) is 0 Å². The highest BCUT2D eigenvalue weighted by Gasteiger charge is 2.20. The molecule has 1 aromatic rings. The molecule has 0 aromatic heterocycles. The van der Waals surface area contributed by atoms with Crippen molar-refractivity contribution < 1.29 is 4.74 Å². The largest absolute Gasteiger partial charge is 0.493 e. The van der Waals surface area contributed by atoms with Gasteiger partial charge in [-0.15, -0.1) is 0 Å². The van der Waals surface area contributed by atoms with Crippen molar-refractivity contribution in [3.8, 4) is 5.75 Å². The SMILES string of the molecule is Cc1ccc(C(C)C)c(OCC2CCN(CCCN)CC2)c1. The van der Waals surface area contributed by atoms with E-state index in [0.717, 1.165) is 31.9 Å². The minimum Gasteiger partial charge on any atom is -0.493 e. The summed E-state index contributed by atoms with van der Waals surface area (Å²) in [6.45, 7) is 11.8. The van der Waals surface area contributed by atoms with E-state index in [0.29, 0.717) is 11.8 Å². The monoisotopic (exact) mass is 304 g/mol. The van der Waals surface area contributed by atoms with Gasteiger partial charge in [0, 0.05) is 0 Å². The Morgan fingerprint density at radius 1 is 1.27 bits per heavy atom. The maximum Gasteiger partial charge on any atom is 0.123 e. The molecular formula is C19H32N2O. The molecule has 1 aromatic carbocycles. The van der Waals surface area contributed by atoms with E-state index in [9.17, 15) is 0 Å². The maximum atomic E-state index is 6.20. The Hall–Kier alpha value is -1.06. The Labute approximate surface area is 135 Å². The first-order valence-corrected chi connectivity index (χ1v) is 8.76. The number of benzene rings is 1. The summed E-state index contributed by atoms with van der Waals surface area (Å²) in [4.78, 5) is 2.54. The van der Waals surface area contributed by atoms with Crippen molar-refractivity contribution >= 4 is 0 Å². The second kappa shape index (κ2) is 8.54. The summed E-state index contributed by atoms with van der Waals surface area (Å²) in [5, 5.41) is 0. The minimum absolute atomic E-state index is 0.508. The van der Waals surface area contributed by atoms with E-state index in [1.807, 2.05) is 0 Å². The summed E-state index contributed by atoms with van der Waals surface area (Å²) >= 11 is 0. The van der Waals surface area contributed by atoms with Crippen LogP contribution in [0.1, 0.15) is 50.2 Å². The summed E-state index contributed by atoms with van der Waals surface area (Å²) in [7, 11) is 0. The molecule has 2 N–H and O–H groups in total. The molecule has 22 heavy (non-hydrogen) atoms. The van der Waals surface area contributed by atoms with Crippen LogP contribution in [0.3, 0.4) is 0 Å². The standard InChI is InChI=1S/C19H32N2O/c1-15(2)18-6-5-16(3)13-19(18)22-14-17-7-11-21(12-8-17)10-4-9-20/h5-6,13,15,17H,4,7-12,14,20H2,1-3H3. The highest BCUT2D eigenvalue weighted by molar-refractivity contribution is 5.39. The molecule has 0 amide bonds. The molecule has 1 aliphatic heterocycles. The van der Waals surface area contributed by atoms with Crippen LogP contribution in [0.4, 0.5) is 0 Å². The predicted octanol–water partition coefficient (Wildman–Crippen LogP) is 3.56. The number of hydrogen-bond acceptors (Lipinski definition) is 3. The van der Waals surface area contributed by atoms with Gasteiger partial charge < -0.3 is 15.4 Å². The minimum atomic E-state index is 0.508. The van der Waals surface area contributed by atoms with Crippen LogP contribution in [-0.2, 0) is 0 Å². The van der Waals surface area contributed by atoms with Gasteiger partial charge in [-0.3, -0.25) is 0 Å². The van der Waals surface area contributed by atoms with E-state index < -0.39 is 0 Å². The quantitative estimate of drug-likeness (QED) is 0.837. The molecule has 1 heterocycles. The predicted molar refractivity (Wildman–Crippen MR) is 93.6 cm³/mol. The Balaban J connectivity index is 1.83. The number of nitrogens with zero attached hydrogens (tertiary/aromatic N) is 1. The molecule has 1 aliphatic rings. The number of piperidine rings is 1. The molecule has 0 saturated carbocycles. The fraction of sp³-hybridized carbons (Fsp3) is 0.684. The van der Waals surface area contributed by atoms with E-state index in [2.05, 4.69) is 43.9 Å². The average molecular weight is 304 g/mol. The highest BCUT2D eigenvalue weighted by atomic mass is 16.5. The van der Waals surface area contributed by atoms with Crippen molar-refractivity contribution in [1.82, 2.24) is 4.90 Å². The van der Waals surface area contributed by atoms with Gasteiger partial charge in [0.25, 0.3) is 0 Å². The van der Waals surface area contributed by atoms with Crippen LogP contribution in [0.15, 0.2) is 18.2 Å². The molecule has 1 fully saturated rings. The van der Waals surface area contributed by atoms with Crippen molar-refractivity contribution in [2.75, 3.05) is 32.8 Å². The van der Waals surface area contributed by atoms with Gasteiger partial charge in [0.15, 0.2) is 0 Å². The smallest absolute Gasteiger partial charge is 0.123 e. The Bertz CT molecular complexity index is 451. The lowest BCUT2D eigenvalue weighted by Gasteiger charge is -2.32. The lowest BCUT2D eigenvalue weighted by molar-refractivity contribution is 0.140. The zero-order chi connectivity index (χ0) is 15.9. The Morgan fingerprint density at radius 3 is 2.64 bits per heavy atom. The van der Waals surface area contributed by atoms with Crippen LogP contribution in [0.5, 0.6) is 5.75 Å². The van der Waals surface area contributed by atoms with Crippen molar-refractivity contribution in [3.63, 3.8) is 0 Å². The topological polar surface area (TPSA) is 38.5 Å². The first-order chi connectivity index (χ1) is 10.6. The lowest BCUT2D eigenvalue weighted by atomic mass is 9.97. The maximum absolute atomic E-state index is 6.20. The lowest BCUT2D eigenvalue weighted by Crippen LogP contribution is -2.36. The van der Waals surface area contributed by atoms with Gasteiger partial charge >= 0.3 is 0 Å². The third kappa shape index (κ3) is 4.99.